The molecule has 0 saturated carbocycles. The molecule has 1 aliphatic rings. The molecule has 2 aromatic rings. The average Bonchev–Trinajstić information content (AvgIpc) is 3.09. The molecule has 1 unspecified atom stereocenters. The highest BCUT2D eigenvalue weighted by atomic mass is 16.7. The van der Waals surface area contributed by atoms with E-state index in [2.05, 4.69) is 0 Å². The predicted octanol–water partition coefficient (Wildman–Crippen LogP) is 2.80. The molecule has 0 fully saturated rings. The first-order chi connectivity index (χ1) is 11.7. The third kappa shape index (κ3) is 3.03. The van der Waals surface area contributed by atoms with Crippen LogP contribution in [0.4, 0.5) is 0 Å². The maximum atomic E-state index is 10.9. The SMILES string of the molecule is COc1cccc(C(O)c2cc3c(cc2C(OC)OC)OCO3)c1. The Morgan fingerprint density at radius 1 is 0.958 bits per heavy atom. The van der Waals surface area contributed by atoms with E-state index in [1.807, 2.05) is 18.2 Å². The van der Waals surface area contributed by atoms with E-state index in [0.717, 1.165) is 0 Å². The van der Waals surface area contributed by atoms with Crippen molar-refractivity contribution in [2.75, 3.05) is 28.1 Å². The van der Waals surface area contributed by atoms with Crippen LogP contribution in [0.2, 0.25) is 0 Å². The van der Waals surface area contributed by atoms with Crippen LogP contribution in [0.15, 0.2) is 36.4 Å². The van der Waals surface area contributed by atoms with Gasteiger partial charge < -0.3 is 28.8 Å². The van der Waals surface area contributed by atoms with Crippen molar-refractivity contribution in [3.05, 3.63) is 53.1 Å². The van der Waals surface area contributed by atoms with E-state index in [0.29, 0.717) is 33.9 Å². The van der Waals surface area contributed by atoms with E-state index in [1.165, 1.54) is 0 Å². The van der Waals surface area contributed by atoms with E-state index in [1.54, 1.807) is 39.5 Å². The van der Waals surface area contributed by atoms with Crippen molar-refractivity contribution in [2.24, 2.45) is 0 Å². The van der Waals surface area contributed by atoms with E-state index in [4.69, 9.17) is 23.7 Å². The lowest BCUT2D eigenvalue weighted by atomic mass is 9.95. The molecular weight excluding hydrogens is 312 g/mol. The van der Waals surface area contributed by atoms with Gasteiger partial charge in [-0.2, -0.15) is 0 Å². The van der Waals surface area contributed by atoms with Gasteiger partial charge in [0.1, 0.15) is 11.9 Å². The molecule has 0 amide bonds. The molecule has 1 atom stereocenters. The van der Waals surface area contributed by atoms with E-state index >= 15 is 0 Å². The second-order valence-corrected chi connectivity index (χ2v) is 5.32. The molecule has 0 saturated heterocycles. The molecule has 3 rings (SSSR count). The number of aliphatic hydroxyl groups is 1. The number of ether oxygens (including phenoxy) is 5. The molecule has 0 bridgehead atoms. The fourth-order valence-electron chi connectivity index (χ4n) is 2.76. The maximum absolute atomic E-state index is 10.9. The van der Waals surface area contributed by atoms with Crippen LogP contribution in [0, 0.1) is 0 Å². The van der Waals surface area contributed by atoms with Gasteiger partial charge in [-0.1, -0.05) is 12.1 Å². The Kier molecular flexibility index (Phi) is 4.89. The summed E-state index contributed by atoms with van der Waals surface area (Å²) in [6.45, 7) is 0.151. The minimum Gasteiger partial charge on any atom is -0.497 e. The van der Waals surface area contributed by atoms with Crippen molar-refractivity contribution in [1.82, 2.24) is 0 Å². The Morgan fingerprint density at radius 2 is 1.62 bits per heavy atom. The molecule has 0 aromatic heterocycles. The molecule has 1 heterocycles. The number of fused-ring (bicyclic) bond motifs is 1. The zero-order valence-corrected chi connectivity index (χ0v) is 13.8. The lowest BCUT2D eigenvalue weighted by molar-refractivity contribution is -0.107. The normalized spacial score (nSPS) is 14.0. The summed E-state index contributed by atoms with van der Waals surface area (Å²) >= 11 is 0. The number of benzene rings is 2. The van der Waals surface area contributed by atoms with Gasteiger partial charge in [0.25, 0.3) is 0 Å². The summed E-state index contributed by atoms with van der Waals surface area (Å²) in [6, 6.07) is 10.8. The second-order valence-electron chi connectivity index (χ2n) is 5.32. The van der Waals surface area contributed by atoms with Gasteiger partial charge in [0.05, 0.1) is 7.11 Å². The molecule has 0 radical (unpaired) electrons. The Hall–Kier alpha value is -2.28. The summed E-state index contributed by atoms with van der Waals surface area (Å²) in [7, 11) is 4.67. The van der Waals surface area contributed by atoms with Crippen LogP contribution in [0.1, 0.15) is 29.1 Å². The van der Waals surface area contributed by atoms with E-state index < -0.39 is 12.4 Å². The first kappa shape index (κ1) is 16.6. The van der Waals surface area contributed by atoms with Crippen molar-refractivity contribution in [2.45, 2.75) is 12.4 Å². The van der Waals surface area contributed by atoms with Crippen LogP contribution in [0.3, 0.4) is 0 Å². The Morgan fingerprint density at radius 3 is 2.25 bits per heavy atom. The Bertz CT molecular complexity index is 711. The van der Waals surface area contributed by atoms with E-state index in [9.17, 15) is 5.11 Å². The molecule has 1 aliphatic heterocycles. The minimum absolute atomic E-state index is 0.151. The topological polar surface area (TPSA) is 66.4 Å². The highest BCUT2D eigenvalue weighted by Gasteiger charge is 2.26. The van der Waals surface area contributed by atoms with Crippen molar-refractivity contribution < 1.29 is 28.8 Å². The number of rotatable bonds is 6. The molecule has 128 valence electrons. The third-order valence-electron chi connectivity index (χ3n) is 3.96. The summed E-state index contributed by atoms with van der Waals surface area (Å²) in [4.78, 5) is 0. The summed E-state index contributed by atoms with van der Waals surface area (Å²) in [5, 5.41) is 10.9. The van der Waals surface area contributed by atoms with E-state index in [-0.39, 0.29) is 6.79 Å². The van der Waals surface area contributed by atoms with Crippen LogP contribution >= 0.6 is 0 Å². The average molecular weight is 332 g/mol. The quantitative estimate of drug-likeness (QED) is 0.821. The zero-order valence-electron chi connectivity index (χ0n) is 13.8. The number of hydrogen-bond acceptors (Lipinski definition) is 6. The molecule has 0 aliphatic carbocycles. The molecule has 6 nitrogen and oxygen atoms in total. The Balaban J connectivity index is 2.07. The summed E-state index contributed by atoms with van der Waals surface area (Å²) in [5.41, 5.74) is 2.00. The second kappa shape index (κ2) is 7.09. The first-order valence-corrected chi connectivity index (χ1v) is 7.49. The van der Waals surface area contributed by atoms with Crippen LogP contribution < -0.4 is 14.2 Å². The van der Waals surface area contributed by atoms with Gasteiger partial charge >= 0.3 is 0 Å². The van der Waals surface area contributed by atoms with Gasteiger partial charge in [-0.25, -0.2) is 0 Å². The number of hydrogen-bond donors (Lipinski definition) is 1. The van der Waals surface area contributed by atoms with Crippen molar-refractivity contribution >= 4 is 0 Å². The molecule has 2 aromatic carbocycles. The highest BCUT2D eigenvalue weighted by molar-refractivity contribution is 5.51. The Labute approximate surface area is 140 Å². The molecule has 24 heavy (non-hydrogen) atoms. The van der Waals surface area contributed by atoms with Crippen LogP contribution in [-0.4, -0.2) is 33.2 Å². The fraction of sp³-hybridized carbons (Fsp3) is 0.333. The third-order valence-corrected chi connectivity index (χ3v) is 3.96. The van der Waals surface area contributed by atoms with Gasteiger partial charge in [0.2, 0.25) is 6.79 Å². The first-order valence-electron chi connectivity index (χ1n) is 7.49. The van der Waals surface area contributed by atoms with Gasteiger partial charge in [0, 0.05) is 19.8 Å². The van der Waals surface area contributed by atoms with Gasteiger partial charge in [-0.05, 0) is 35.4 Å². The largest absolute Gasteiger partial charge is 0.497 e. The van der Waals surface area contributed by atoms with Crippen LogP contribution in [0.5, 0.6) is 17.2 Å². The summed E-state index contributed by atoms with van der Waals surface area (Å²) in [6.07, 6.45) is -1.52. The standard InChI is InChI=1S/C18H20O6/c1-20-12-6-4-5-11(7-12)17(19)13-8-15-16(24-10-23-15)9-14(13)18(21-2)22-3/h4-9,17-19H,10H2,1-3H3. The number of methoxy groups -OCH3 is 3. The van der Waals surface area contributed by atoms with Gasteiger partial charge in [0.15, 0.2) is 17.8 Å². The van der Waals surface area contributed by atoms with Crippen molar-refractivity contribution in [3.63, 3.8) is 0 Å². The summed E-state index contributed by atoms with van der Waals surface area (Å²) in [5.74, 6) is 1.86. The predicted molar refractivity (Wildman–Crippen MR) is 86.4 cm³/mol. The molecule has 1 N–H and O–H groups in total. The molecule has 6 heteroatoms. The fourth-order valence-corrected chi connectivity index (χ4v) is 2.76. The van der Waals surface area contributed by atoms with Crippen molar-refractivity contribution in [3.8, 4) is 17.2 Å². The number of aliphatic hydroxyl groups excluding tert-OH is 1. The zero-order chi connectivity index (χ0) is 17.1. The maximum Gasteiger partial charge on any atom is 0.231 e. The lowest BCUT2D eigenvalue weighted by Gasteiger charge is -2.22. The molecule has 0 spiro atoms. The minimum atomic E-state index is -0.891. The van der Waals surface area contributed by atoms with Gasteiger partial charge in [-0.15, -0.1) is 0 Å². The lowest BCUT2D eigenvalue weighted by Crippen LogP contribution is -2.11. The smallest absolute Gasteiger partial charge is 0.231 e. The summed E-state index contributed by atoms with van der Waals surface area (Å²) < 4.78 is 26.8. The van der Waals surface area contributed by atoms with Crippen LogP contribution in [0.25, 0.3) is 0 Å². The van der Waals surface area contributed by atoms with Gasteiger partial charge in [-0.3, -0.25) is 0 Å². The monoisotopic (exact) mass is 332 g/mol. The van der Waals surface area contributed by atoms with Crippen molar-refractivity contribution in [1.29, 1.82) is 0 Å². The molecular formula is C18H20O6. The highest BCUT2D eigenvalue weighted by Crippen LogP contribution is 2.41. The van der Waals surface area contributed by atoms with Crippen LogP contribution in [-0.2, 0) is 9.47 Å².